The van der Waals surface area contributed by atoms with Crippen molar-refractivity contribution in [1.29, 1.82) is 0 Å². The Morgan fingerprint density at radius 3 is 0.923 bits per heavy atom. The summed E-state index contributed by atoms with van der Waals surface area (Å²) in [6.45, 7) is 0. The van der Waals surface area contributed by atoms with Crippen molar-refractivity contribution >= 4 is 43.1 Å². The monoisotopic (exact) mass is 822 g/mol. The lowest BCUT2D eigenvalue weighted by atomic mass is 9.67. The Hall–Kier alpha value is -8.32. The summed E-state index contributed by atoms with van der Waals surface area (Å²) in [6.07, 6.45) is 0. The van der Waals surface area contributed by atoms with Gasteiger partial charge in [-0.05, 0) is 145 Å². The van der Waals surface area contributed by atoms with Gasteiger partial charge in [0.1, 0.15) is 0 Å². The predicted molar refractivity (Wildman–Crippen MR) is 276 cm³/mol. The van der Waals surface area contributed by atoms with Crippen LogP contribution in [0, 0.1) is 0 Å². The van der Waals surface area contributed by atoms with Gasteiger partial charge in [0.2, 0.25) is 0 Å². The van der Waals surface area contributed by atoms with E-state index in [1.807, 2.05) is 0 Å². The lowest BCUT2D eigenvalue weighted by Gasteiger charge is -2.34. The van der Waals surface area contributed by atoms with Crippen LogP contribution in [0.1, 0.15) is 22.3 Å². The van der Waals surface area contributed by atoms with E-state index in [1.165, 1.54) is 121 Å². The standard InChI is InChI=1S/C65H42/c1-5-23-55-47(15-1)41-48-16-2-6-24-56(48)63(55)51-21-13-19-45(39-51)43-31-35-53(36-32-43)65(61-29-11-9-27-59(61)60-28-10-12-30-62(60)65)54-37-33-44(34-38-54)46-20-14-22-52(40-46)64-57-25-7-3-17-49(57)42-50-18-4-8-26-58(50)64/h1-42H. The molecule has 0 heterocycles. The quantitative estimate of drug-likeness (QED) is 0.147. The highest BCUT2D eigenvalue weighted by atomic mass is 14.5. The second-order valence-corrected chi connectivity index (χ2v) is 17.5. The van der Waals surface area contributed by atoms with Crippen LogP contribution >= 0.6 is 0 Å². The largest absolute Gasteiger partial charge is 0.0713 e. The van der Waals surface area contributed by atoms with Crippen molar-refractivity contribution in [2.24, 2.45) is 0 Å². The molecule has 0 aliphatic heterocycles. The normalized spacial score (nSPS) is 12.7. The lowest BCUT2D eigenvalue weighted by Crippen LogP contribution is -2.28. The van der Waals surface area contributed by atoms with Gasteiger partial charge in [0.25, 0.3) is 0 Å². The summed E-state index contributed by atoms with van der Waals surface area (Å²) in [5, 5.41) is 10.1. The fourth-order valence-electron chi connectivity index (χ4n) is 11.2. The number of hydrogen-bond acceptors (Lipinski definition) is 0. The van der Waals surface area contributed by atoms with Crippen LogP contribution in [0.5, 0.6) is 0 Å². The number of rotatable bonds is 6. The van der Waals surface area contributed by atoms with Crippen molar-refractivity contribution < 1.29 is 0 Å². The Morgan fingerprint density at radius 2 is 0.538 bits per heavy atom. The van der Waals surface area contributed by atoms with Crippen molar-refractivity contribution in [1.82, 2.24) is 0 Å². The van der Waals surface area contributed by atoms with Crippen LogP contribution in [0.3, 0.4) is 0 Å². The number of fused-ring (bicyclic) bond motifs is 7. The molecule has 0 saturated carbocycles. The third-order valence-electron chi connectivity index (χ3n) is 14.1. The van der Waals surface area contributed by atoms with E-state index in [-0.39, 0.29) is 0 Å². The maximum absolute atomic E-state index is 2.38. The van der Waals surface area contributed by atoms with E-state index in [2.05, 4.69) is 255 Å². The first-order valence-corrected chi connectivity index (χ1v) is 22.7. The number of benzene rings is 12. The summed E-state index contributed by atoms with van der Waals surface area (Å²) in [6, 6.07) is 94.7. The van der Waals surface area contributed by atoms with E-state index in [4.69, 9.17) is 0 Å². The van der Waals surface area contributed by atoms with Crippen LogP contribution in [0.2, 0.25) is 0 Å². The SMILES string of the molecule is c1cc(-c2ccc(C3(c4ccc(-c5cccc(-c6c7ccccc7cc7ccccc67)c5)cc4)c4ccccc4-c4ccccc43)cc2)cc(-c2c3ccccc3cc3ccccc23)c1. The second-order valence-electron chi connectivity index (χ2n) is 17.5. The van der Waals surface area contributed by atoms with Gasteiger partial charge in [-0.25, -0.2) is 0 Å². The van der Waals surface area contributed by atoms with E-state index in [9.17, 15) is 0 Å². The van der Waals surface area contributed by atoms with E-state index < -0.39 is 5.41 Å². The molecule has 1 aliphatic rings. The maximum Gasteiger partial charge on any atom is 0.0713 e. The average molecular weight is 823 g/mol. The van der Waals surface area contributed by atoms with Crippen LogP contribution in [0.4, 0.5) is 0 Å². The van der Waals surface area contributed by atoms with Gasteiger partial charge in [0.15, 0.2) is 0 Å². The van der Waals surface area contributed by atoms with Gasteiger partial charge in [-0.15, -0.1) is 0 Å². The van der Waals surface area contributed by atoms with Gasteiger partial charge in [-0.2, -0.15) is 0 Å². The molecule has 0 unspecified atom stereocenters. The molecule has 0 N–H and O–H groups in total. The van der Waals surface area contributed by atoms with Gasteiger partial charge in [-0.1, -0.05) is 231 Å². The topological polar surface area (TPSA) is 0 Å². The molecule has 302 valence electrons. The van der Waals surface area contributed by atoms with Gasteiger partial charge in [0, 0.05) is 0 Å². The van der Waals surface area contributed by atoms with Gasteiger partial charge >= 0.3 is 0 Å². The van der Waals surface area contributed by atoms with Crippen LogP contribution in [0.15, 0.2) is 255 Å². The first-order chi connectivity index (χ1) is 32.2. The molecule has 0 saturated heterocycles. The first-order valence-electron chi connectivity index (χ1n) is 22.7. The minimum atomic E-state index is -0.502. The van der Waals surface area contributed by atoms with Crippen LogP contribution < -0.4 is 0 Å². The van der Waals surface area contributed by atoms with Gasteiger partial charge in [0.05, 0.1) is 5.41 Å². The zero-order chi connectivity index (χ0) is 42.9. The Balaban J connectivity index is 0.926. The van der Waals surface area contributed by atoms with Crippen LogP contribution in [-0.2, 0) is 5.41 Å². The third-order valence-corrected chi connectivity index (χ3v) is 14.1. The van der Waals surface area contributed by atoms with Crippen LogP contribution in [0.25, 0.3) is 98.7 Å². The maximum atomic E-state index is 2.38. The Morgan fingerprint density at radius 1 is 0.215 bits per heavy atom. The zero-order valence-electron chi connectivity index (χ0n) is 35.7. The molecule has 0 atom stereocenters. The molecular weight excluding hydrogens is 781 g/mol. The second kappa shape index (κ2) is 14.9. The van der Waals surface area contributed by atoms with Crippen molar-refractivity contribution in [3.63, 3.8) is 0 Å². The highest BCUT2D eigenvalue weighted by molar-refractivity contribution is 6.14. The van der Waals surface area contributed by atoms with E-state index >= 15 is 0 Å². The van der Waals surface area contributed by atoms with Crippen LogP contribution in [-0.4, -0.2) is 0 Å². The number of hydrogen-bond donors (Lipinski definition) is 0. The van der Waals surface area contributed by atoms with E-state index in [0.29, 0.717) is 0 Å². The molecule has 12 aromatic carbocycles. The summed E-state index contributed by atoms with van der Waals surface area (Å²) < 4.78 is 0. The van der Waals surface area contributed by atoms with Crippen molar-refractivity contribution in [2.75, 3.05) is 0 Å². The fourth-order valence-corrected chi connectivity index (χ4v) is 11.2. The van der Waals surface area contributed by atoms with E-state index in [1.54, 1.807) is 0 Å². The average Bonchev–Trinajstić information content (AvgIpc) is 3.68. The Labute approximate surface area is 379 Å². The highest BCUT2D eigenvalue weighted by Crippen LogP contribution is 2.56. The molecule has 0 nitrogen and oxygen atoms in total. The van der Waals surface area contributed by atoms with Crippen molar-refractivity contribution in [3.8, 4) is 55.6 Å². The fraction of sp³-hybridized carbons (Fsp3) is 0.0154. The summed E-state index contributed by atoms with van der Waals surface area (Å²) in [5.74, 6) is 0. The minimum Gasteiger partial charge on any atom is -0.0619 e. The Bertz CT molecular complexity index is 3450. The van der Waals surface area contributed by atoms with E-state index in [0.717, 1.165) is 0 Å². The molecule has 0 aromatic heterocycles. The summed E-state index contributed by atoms with van der Waals surface area (Å²) >= 11 is 0. The molecule has 13 rings (SSSR count). The lowest BCUT2D eigenvalue weighted by molar-refractivity contribution is 0.769. The molecule has 12 aromatic rings. The Kier molecular flexibility index (Phi) is 8.54. The van der Waals surface area contributed by atoms with Crippen molar-refractivity contribution in [3.05, 3.63) is 277 Å². The third kappa shape index (κ3) is 5.84. The molecule has 0 amide bonds. The molecule has 0 fully saturated rings. The molecular formula is C65H42. The molecule has 1 aliphatic carbocycles. The summed E-state index contributed by atoms with van der Waals surface area (Å²) in [5.41, 5.74) is 17.1. The summed E-state index contributed by atoms with van der Waals surface area (Å²) in [7, 11) is 0. The predicted octanol–water partition coefficient (Wildman–Crippen LogP) is 17.3. The smallest absolute Gasteiger partial charge is 0.0619 e. The zero-order valence-corrected chi connectivity index (χ0v) is 35.7. The first kappa shape index (κ1) is 37.3. The van der Waals surface area contributed by atoms with Gasteiger partial charge in [-0.3, -0.25) is 0 Å². The highest BCUT2D eigenvalue weighted by Gasteiger charge is 2.45. The molecule has 65 heavy (non-hydrogen) atoms. The molecule has 0 heteroatoms. The molecule has 0 spiro atoms. The molecule has 0 bridgehead atoms. The van der Waals surface area contributed by atoms with Gasteiger partial charge < -0.3 is 0 Å². The molecule has 0 radical (unpaired) electrons. The minimum absolute atomic E-state index is 0.502. The summed E-state index contributed by atoms with van der Waals surface area (Å²) in [4.78, 5) is 0. The van der Waals surface area contributed by atoms with Crippen molar-refractivity contribution in [2.45, 2.75) is 5.41 Å².